The van der Waals surface area contributed by atoms with Crippen LogP contribution in [0.2, 0.25) is 0 Å². The molecule has 1 aromatic rings. The van der Waals surface area contributed by atoms with Gasteiger partial charge < -0.3 is 20.3 Å². The highest BCUT2D eigenvalue weighted by atomic mass is 19.1. The lowest BCUT2D eigenvalue weighted by atomic mass is 10.1. The predicted octanol–water partition coefficient (Wildman–Crippen LogP) is 1.12. The average molecular weight is 267 g/mol. The van der Waals surface area contributed by atoms with Crippen LogP contribution in [0.3, 0.4) is 0 Å². The summed E-state index contributed by atoms with van der Waals surface area (Å²) in [4.78, 5) is 13.5. The fraction of sp³-hybridized carbons (Fsp3) is 0.462. The Balaban J connectivity index is 2.15. The van der Waals surface area contributed by atoms with Crippen LogP contribution >= 0.6 is 0 Å². The zero-order chi connectivity index (χ0) is 13.8. The third-order valence-electron chi connectivity index (χ3n) is 3.19. The topological polar surface area (TPSA) is 53.6 Å². The van der Waals surface area contributed by atoms with E-state index in [1.807, 2.05) is 7.05 Å². The number of carbonyl (C=O) groups is 1. The van der Waals surface area contributed by atoms with Crippen LogP contribution in [0.4, 0.5) is 9.18 Å². The molecule has 2 rings (SSSR count). The van der Waals surface area contributed by atoms with E-state index >= 15 is 0 Å². The van der Waals surface area contributed by atoms with Crippen molar-refractivity contribution in [1.29, 1.82) is 0 Å². The number of nitrogens with zero attached hydrogens (tertiary/aromatic N) is 1. The molecule has 2 N–H and O–H groups in total. The summed E-state index contributed by atoms with van der Waals surface area (Å²) in [7, 11) is 3.37. The van der Waals surface area contributed by atoms with E-state index in [0.717, 1.165) is 6.54 Å². The Morgan fingerprint density at radius 2 is 2.37 bits per heavy atom. The molecule has 0 saturated carbocycles. The summed E-state index contributed by atoms with van der Waals surface area (Å²) in [6.07, 6.45) is 0. The molecular formula is C13H18FN3O2. The first-order chi connectivity index (χ1) is 9.15. The summed E-state index contributed by atoms with van der Waals surface area (Å²) in [6.45, 7) is 1.86. The number of likely N-dealkylation sites (N-methyl/N-ethyl adjacent to an activating group) is 1. The van der Waals surface area contributed by atoms with Crippen LogP contribution in [0.5, 0.6) is 5.75 Å². The minimum absolute atomic E-state index is 0.133. The number of nitrogens with one attached hydrogen (secondary N) is 2. The molecule has 0 aromatic heterocycles. The number of benzene rings is 1. The van der Waals surface area contributed by atoms with Gasteiger partial charge in [-0.3, -0.25) is 0 Å². The normalized spacial score (nSPS) is 18.6. The number of carbonyl (C=O) groups excluding carboxylic acids is 1. The van der Waals surface area contributed by atoms with Crippen molar-refractivity contribution in [2.45, 2.75) is 6.04 Å². The first-order valence-electron chi connectivity index (χ1n) is 6.19. The third-order valence-corrected chi connectivity index (χ3v) is 3.19. The molecule has 2 amide bonds. The van der Waals surface area contributed by atoms with Gasteiger partial charge in [-0.25, -0.2) is 9.18 Å². The van der Waals surface area contributed by atoms with Crippen molar-refractivity contribution in [3.05, 3.63) is 29.6 Å². The standard InChI is InChI=1S/C13H18FN3O2/c1-15-5-6-17-8-11(16-13(17)18)10-7-9(14)3-4-12(10)19-2/h3-4,7,11,15H,5-6,8H2,1-2H3,(H,16,18). The lowest BCUT2D eigenvalue weighted by Crippen LogP contribution is -2.33. The van der Waals surface area contributed by atoms with Gasteiger partial charge >= 0.3 is 6.03 Å². The number of hydrogen-bond acceptors (Lipinski definition) is 3. The molecule has 5 nitrogen and oxygen atoms in total. The molecule has 0 radical (unpaired) electrons. The Morgan fingerprint density at radius 1 is 1.58 bits per heavy atom. The van der Waals surface area contributed by atoms with Gasteiger partial charge in [-0.2, -0.15) is 0 Å². The molecule has 0 spiro atoms. The van der Waals surface area contributed by atoms with E-state index in [2.05, 4.69) is 10.6 Å². The van der Waals surface area contributed by atoms with Gasteiger partial charge in [-0.05, 0) is 25.2 Å². The van der Waals surface area contributed by atoms with Crippen molar-refractivity contribution >= 4 is 6.03 Å². The van der Waals surface area contributed by atoms with Crippen molar-refractivity contribution in [3.8, 4) is 5.75 Å². The summed E-state index contributed by atoms with van der Waals surface area (Å²) in [5.41, 5.74) is 0.669. The van der Waals surface area contributed by atoms with Gasteiger partial charge in [-0.15, -0.1) is 0 Å². The highest BCUT2D eigenvalue weighted by Gasteiger charge is 2.31. The minimum atomic E-state index is -0.335. The van der Waals surface area contributed by atoms with E-state index < -0.39 is 0 Å². The molecule has 6 heteroatoms. The minimum Gasteiger partial charge on any atom is -0.496 e. The zero-order valence-electron chi connectivity index (χ0n) is 11.1. The third kappa shape index (κ3) is 2.96. The van der Waals surface area contributed by atoms with Gasteiger partial charge in [0.05, 0.1) is 13.2 Å². The molecule has 104 valence electrons. The van der Waals surface area contributed by atoms with Crippen LogP contribution in [0.15, 0.2) is 18.2 Å². The Bertz CT molecular complexity index is 467. The second kappa shape index (κ2) is 5.88. The first-order valence-corrected chi connectivity index (χ1v) is 6.19. The summed E-state index contributed by atoms with van der Waals surface area (Å²) in [5, 5.41) is 5.84. The Kier molecular flexibility index (Phi) is 4.21. The van der Waals surface area contributed by atoms with Crippen molar-refractivity contribution < 1.29 is 13.9 Å². The molecule has 1 heterocycles. The molecule has 1 atom stereocenters. The van der Waals surface area contributed by atoms with Gasteiger partial charge in [0.25, 0.3) is 0 Å². The predicted molar refractivity (Wildman–Crippen MR) is 69.7 cm³/mol. The fourth-order valence-corrected chi connectivity index (χ4v) is 2.18. The van der Waals surface area contributed by atoms with Crippen LogP contribution in [0.25, 0.3) is 0 Å². The van der Waals surface area contributed by atoms with E-state index in [1.54, 1.807) is 11.0 Å². The lowest BCUT2D eigenvalue weighted by Gasteiger charge is -2.16. The maximum absolute atomic E-state index is 13.3. The van der Waals surface area contributed by atoms with Gasteiger partial charge in [0.2, 0.25) is 0 Å². The highest BCUT2D eigenvalue weighted by molar-refractivity contribution is 5.77. The van der Waals surface area contributed by atoms with E-state index in [9.17, 15) is 9.18 Å². The largest absolute Gasteiger partial charge is 0.496 e. The number of urea groups is 1. The second-order valence-corrected chi connectivity index (χ2v) is 4.44. The fourth-order valence-electron chi connectivity index (χ4n) is 2.18. The quantitative estimate of drug-likeness (QED) is 0.840. The first kappa shape index (κ1) is 13.6. The molecule has 1 fully saturated rings. The number of ether oxygens (including phenoxy) is 1. The van der Waals surface area contributed by atoms with Crippen molar-refractivity contribution in [1.82, 2.24) is 15.5 Å². The van der Waals surface area contributed by atoms with Gasteiger partial charge in [0, 0.05) is 25.2 Å². The Morgan fingerprint density at radius 3 is 3.05 bits per heavy atom. The number of rotatable bonds is 5. The number of halogens is 1. The van der Waals surface area contributed by atoms with Gasteiger partial charge in [-0.1, -0.05) is 0 Å². The monoisotopic (exact) mass is 267 g/mol. The van der Waals surface area contributed by atoms with Crippen LogP contribution in [0, 0.1) is 5.82 Å². The van der Waals surface area contributed by atoms with Crippen LogP contribution in [-0.2, 0) is 0 Å². The number of methoxy groups -OCH3 is 1. The van der Waals surface area contributed by atoms with E-state index in [-0.39, 0.29) is 17.9 Å². The molecule has 0 aliphatic carbocycles. The van der Waals surface area contributed by atoms with Crippen LogP contribution in [-0.4, -0.2) is 44.7 Å². The summed E-state index contributed by atoms with van der Waals surface area (Å²) in [5.74, 6) is 0.251. The van der Waals surface area contributed by atoms with Crippen molar-refractivity contribution in [3.63, 3.8) is 0 Å². The molecule has 0 bridgehead atoms. The molecule has 1 aliphatic rings. The zero-order valence-corrected chi connectivity index (χ0v) is 11.1. The van der Waals surface area contributed by atoms with Gasteiger partial charge in [0.1, 0.15) is 11.6 Å². The molecule has 1 aromatic carbocycles. The van der Waals surface area contributed by atoms with E-state index in [0.29, 0.717) is 24.4 Å². The molecule has 1 aliphatic heterocycles. The maximum atomic E-state index is 13.3. The summed E-state index contributed by atoms with van der Waals surface area (Å²) >= 11 is 0. The lowest BCUT2D eigenvalue weighted by molar-refractivity contribution is 0.218. The smallest absolute Gasteiger partial charge is 0.318 e. The Labute approximate surface area is 111 Å². The van der Waals surface area contributed by atoms with Crippen LogP contribution in [0.1, 0.15) is 11.6 Å². The molecular weight excluding hydrogens is 249 g/mol. The van der Waals surface area contributed by atoms with Gasteiger partial charge in [0.15, 0.2) is 0 Å². The van der Waals surface area contributed by atoms with E-state index in [4.69, 9.17) is 4.74 Å². The molecule has 1 saturated heterocycles. The van der Waals surface area contributed by atoms with Crippen LogP contribution < -0.4 is 15.4 Å². The van der Waals surface area contributed by atoms with Crippen molar-refractivity contribution in [2.24, 2.45) is 0 Å². The van der Waals surface area contributed by atoms with Crippen molar-refractivity contribution in [2.75, 3.05) is 33.8 Å². The average Bonchev–Trinajstić information content (AvgIpc) is 2.77. The second-order valence-electron chi connectivity index (χ2n) is 4.44. The highest BCUT2D eigenvalue weighted by Crippen LogP contribution is 2.29. The van der Waals surface area contributed by atoms with E-state index in [1.165, 1.54) is 19.2 Å². The molecule has 1 unspecified atom stereocenters. The SMILES string of the molecule is CNCCN1CC(c2cc(F)ccc2OC)NC1=O. The summed E-state index contributed by atoms with van der Waals surface area (Å²) < 4.78 is 18.6. The summed E-state index contributed by atoms with van der Waals surface area (Å²) in [6, 6.07) is 3.96. The Hall–Kier alpha value is -1.82. The number of amides is 2. The molecule has 19 heavy (non-hydrogen) atoms. The maximum Gasteiger partial charge on any atom is 0.318 e. The number of hydrogen-bond donors (Lipinski definition) is 2.